The third-order valence-corrected chi connectivity index (χ3v) is 2.72. The number of hydrogen-bond acceptors (Lipinski definition) is 4. The van der Waals surface area contributed by atoms with Crippen molar-refractivity contribution >= 4 is 5.69 Å². The number of nitrogens with one attached hydrogen (secondary N) is 1. The van der Waals surface area contributed by atoms with Crippen LogP contribution in [0.2, 0.25) is 0 Å². The summed E-state index contributed by atoms with van der Waals surface area (Å²) >= 11 is 0. The molecule has 0 unspecified atom stereocenters. The van der Waals surface area contributed by atoms with Crippen molar-refractivity contribution < 1.29 is 9.47 Å². The first kappa shape index (κ1) is 13.6. The molecule has 17 heavy (non-hydrogen) atoms. The molecule has 0 bridgehead atoms. The molecule has 0 fully saturated rings. The predicted octanol–water partition coefficient (Wildman–Crippen LogP) is 2.10. The summed E-state index contributed by atoms with van der Waals surface area (Å²) in [7, 11) is 3.29. The second kappa shape index (κ2) is 5.77. The summed E-state index contributed by atoms with van der Waals surface area (Å²) in [6.07, 6.45) is 0. The van der Waals surface area contributed by atoms with E-state index < -0.39 is 0 Å². The molecular formula is C13H22N2O2. The second-order valence-corrected chi connectivity index (χ2v) is 4.79. The van der Waals surface area contributed by atoms with Crippen LogP contribution >= 0.6 is 0 Å². The fourth-order valence-electron chi connectivity index (χ4n) is 1.35. The van der Waals surface area contributed by atoms with Crippen molar-refractivity contribution in [2.24, 2.45) is 11.1 Å². The van der Waals surface area contributed by atoms with Crippen LogP contribution < -0.4 is 20.5 Å². The van der Waals surface area contributed by atoms with Gasteiger partial charge in [-0.1, -0.05) is 13.8 Å². The Morgan fingerprint density at radius 3 is 2.47 bits per heavy atom. The zero-order valence-corrected chi connectivity index (χ0v) is 11.0. The zero-order chi connectivity index (χ0) is 12.9. The van der Waals surface area contributed by atoms with Gasteiger partial charge in [-0.2, -0.15) is 0 Å². The molecule has 0 aliphatic rings. The van der Waals surface area contributed by atoms with Crippen molar-refractivity contribution in [3.8, 4) is 11.5 Å². The highest BCUT2D eigenvalue weighted by atomic mass is 16.5. The van der Waals surface area contributed by atoms with Crippen molar-refractivity contribution in [2.75, 3.05) is 32.6 Å². The zero-order valence-electron chi connectivity index (χ0n) is 11.0. The Morgan fingerprint density at radius 2 is 1.94 bits per heavy atom. The lowest BCUT2D eigenvalue weighted by molar-refractivity contribution is 0.391. The number of rotatable bonds is 6. The lowest BCUT2D eigenvalue weighted by Crippen LogP contribution is -2.31. The summed E-state index contributed by atoms with van der Waals surface area (Å²) in [5, 5.41) is 3.35. The first-order chi connectivity index (χ1) is 8.02. The van der Waals surface area contributed by atoms with E-state index in [1.54, 1.807) is 14.2 Å². The van der Waals surface area contributed by atoms with E-state index in [9.17, 15) is 0 Å². The maximum absolute atomic E-state index is 5.70. The van der Waals surface area contributed by atoms with Crippen LogP contribution in [-0.2, 0) is 0 Å². The van der Waals surface area contributed by atoms with Crippen LogP contribution in [0.15, 0.2) is 18.2 Å². The molecule has 0 aliphatic heterocycles. The van der Waals surface area contributed by atoms with E-state index >= 15 is 0 Å². The molecule has 0 aliphatic carbocycles. The summed E-state index contributed by atoms with van der Waals surface area (Å²) in [6.45, 7) is 5.68. The number of hydrogen-bond donors (Lipinski definition) is 2. The maximum atomic E-state index is 5.70. The number of anilines is 1. The van der Waals surface area contributed by atoms with Gasteiger partial charge in [-0.05, 0) is 24.1 Å². The number of ether oxygens (including phenoxy) is 2. The molecule has 1 rings (SSSR count). The third kappa shape index (κ3) is 3.82. The maximum Gasteiger partial charge on any atom is 0.145 e. The largest absolute Gasteiger partial charge is 0.497 e. The number of benzene rings is 1. The van der Waals surface area contributed by atoms with Gasteiger partial charge >= 0.3 is 0 Å². The number of nitrogens with two attached hydrogens (primary N) is 1. The fraction of sp³-hybridized carbons (Fsp3) is 0.538. The molecule has 1 aromatic carbocycles. The Morgan fingerprint density at radius 1 is 1.24 bits per heavy atom. The molecular weight excluding hydrogens is 216 g/mol. The van der Waals surface area contributed by atoms with Crippen molar-refractivity contribution in [3.63, 3.8) is 0 Å². The molecule has 0 saturated carbocycles. The van der Waals surface area contributed by atoms with Gasteiger partial charge in [-0.3, -0.25) is 0 Å². The van der Waals surface area contributed by atoms with Crippen LogP contribution in [0, 0.1) is 5.41 Å². The minimum Gasteiger partial charge on any atom is -0.497 e. The highest BCUT2D eigenvalue weighted by Crippen LogP contribution is 2.29. The Bertz CT molecular complexity index is 364. The van der Waals surface area contributed by atoms with E-state index in [-0.39, 0.29) is 5.41 Å². The lowest BCUT2D eigenvalue weighted by atomic mass is 9.94. The summed E-state index contributed by atoms with van der Waals surface area (Å²) in [6, 6.07) is 5.71. The van der Waals surface area contributed by atoms with Crippen molar-refractivity contribution in [1.29, 1.82) is 0 Å². The quantitative estimate of drug-likeness (QED) is 0.797. The van der Waals surface area contributed by atoms with Crippen LogP contribution in [-0.4, -0.2) is 27.3 Å². The molecule has 0 saturated heterocycles. The smallest absolute Gasteiger partial charge is 0.145 e. The Balaban J connectivity index is 2.77. The first-order valence-corrected chi connectivity index (χ1v) is 5.68. The average molecular weight is 238 g/mol. The second-order valence-electron chi connectivity index (χ2n) is 4.79. The van der Waals surface area contributed by atoms with Gasteiger partial charge in [0, 0.05) is 12.6 Å². The van der Waals surface area contributed by atoms with E-state index in [0.717, 1.165) is 23.7 Å². The predicted molar refractivity (Wildman–Crippen MR) is 70.9 cm³/mol. The van der Waals surface area contributed by atoms with Gasteiger partial charge in [0.1, 0.15) is 11.5 Å². The third-order valence-electron chi connectivity index (χ3n) is 2.72. The van der Waals surface area contributed by atoms with Crippen LogP contribution in [0.3, 0.4) is 0 Å². The summed E-state index contributed by atoms with van der Waals surface area (Å²) in [5.74, 6) is 1.56. The van der Waals surface area contributed by atoms with Crippen LogP contribution in [0.25, 0.3) is 0 Å². The molecule has 3 N–H and O–H groups in total. The minimum atomic E-state index is 0.0605. The molecule has 0 heterocycles. The molecule has 0 aromatic heterocycles. The highest BCUT2D eigenvalue weighted by molar-refractivity contribution is 5.59. The average Bonchev–Trinajstić information content (AvgIpc) is 2.36. The summed E-state index contributed by atoms with van der Waals surface area (Å²) in [5.41, 5.74) is 6.71. The van der Waals surface area contributed by atoms with E-state index in [4.69, 9.17) is 15.2 Å². The fourth-order valence-corrected chi connectivity index (χ4v) is 1.35. The SMILES string of the molecule is COc1ccc(NCC(C)(C)CN)c(OC)c1. The van der Waals surface area contributed by atoms with Gasteiger partial charge in [0.15, 0.2) is 0 Å². The Hall–Kier alpha value is -1.42. The van der Waals surface area contributed by atoms with Crippen molar-refractivity contribution in [3.05, 3.63) is 18.2 Å². The molecule has 0 radical (unpaired) electrons. The van der Waals surface area contributed by atoms with E-state index in [1.165, 1.54) is 0 Å². The topological polar surface area (TPSA) is 56.5 Å². The van der Waals surface area contributed by atoms with Gasteiger partial charge in [-0.15, -0.1) is 0 Å². The summed E-state index contributed by atoms with van der Waals surface area (Å²) < 4.78 is 10.5. The lowest BCUT2D eigenvalue weighted by Gasteiger charge is -2.24. The van der Waals surface area contributed by atoms with Crippen LogP contribution in [0.5, 0.6) is 11.5 Å². The van der Waals surface area contributed by atoms with E-state index in [1.807, 2.05) is 18.2 Å². The first-order valence-electron chi connectivity index (χ1n) is 5.68. The van der Waals surface area contributed by atoms with Crippen molar-refractivity contribution in [1.82, 2.24) is 0 Å². The van der Waals surface area contributed by atoms with Gasteiger partial charge in [0.25, 0.3) is 0 Å². The monoisotopic (exact) mass is 238 g/mol. The van der Waals surface area contributed by atoms with Gasteiger partial charge in [-0.25, -0.2) is 0 Å². The van der Waals surface area contributed by atoms with Crippen LogP contribution in [0.1, 0.15) is 13.8 Å². The van der Waals surface area contributed by atoms with Gasteiger partial charge in [0.05, 0.1) is 19.9 Å². The standard InChI is InChI=1S/C13H22N2O2/c1-13(2,8-14)9-15-11-6-5-10(16-3)7-12(11)17-4/h5-7,15H,8-9,14H2,1-4H3. The van der Waals surface area contributed by atoms with Crippen molar-refractivity contribution in [2.45, 2.75) is 13.8 Å². The van der Waals surface area contributed by atoms with E-state index in [0.29, 0.717) is 6.54 Å². The minimum absolute atomic E-state index is 0.0605. The van der Waals surface area contributed by atoms with Gasteiger partial charge < -0.3 is 20.5 Å². The van der Waals surface area contributed by atoms with E-state index in [2.05, 4.69) is 19.2 Å². The molecule has 4 nitrogen and oxygen atoms in total. The molecule has 0 amide bonds. The normalized spacial score (nSPS) is 11.1. The highest BCUT2D eigenvalue weighted by Gasteiger charge is 2.16. The summed E-state index contributed by atoms with van der Waals surface area (Å²) in [4.78, 5) is 0. The Labute approximate surface area is 103 Å². The molecule has 0 spiro atoms. The molecule has 1 aromatic rings. The van der Waals surface area contributed by atoms with Gasteiger partial charge in [0.2, 0.25) is 0 Å². The molecule has 0 atom stereocenters. The molecule has 96 valence electrons. The number of methoxy groups -OCH3 is 2. The Kier molecular flexibility index (Phi) is 4.63. The van der Waals surface area contributed by atoms with Crippen LogP contribution in [0.4, 0.5) is 5.69 Å². The molecule has 4 heteroatoms.